The molecule has 14 nitrogen and oxygen atoms in total. The van der Waals surface area contributed by atoms with Gasteiger partial charge in [-0.1, -0.05) is 0 Å². The Balaban J connectivity index is -0.000000208. The number of hydrogen-bond donors (Lipinski definition) is 6. The summed E-state index contributed by atoms with van der Waals surface area (Å²) in [6, 6.07) is 0. The van der Waals surface area contributed by atoms with Gasteiger partial charge in [-0.05, 0) is 0 Å². The standard InChI is InChI=1S/C12H14O14.2Ca.4H/c13-3(9(19)20)1-5(15)25-11(23)7(17)8(18)12(24)26-6(16)2-4(14)10(21)22;;;;;;/h3-4,7-8,13-14,17-18H,1-2H2,(H,19,20)(H,21,22);;;;;;/q;2*+2;4*-1. The molecule has 0 aromatic carbocycles. The zero-order valence-corrected chi connectivity index (χ0v) is 18.5. The minimum absolute atomic E-state index is 0. The van der Waals surface area contributed by atoms with Gasteiger partial charge < -0.3 is 45.8 Å². The minimum atomic E-state index is -2.73. The van der Waals surface area contributed by atoms with Gasteiger partial charge in [0.1, 0.15) is 0 Å². The van der Waals surface area contributed by atoms with Gasteiger partial charge in [-0.15, -0.1) is 0 Å². The fourth-order valence-corrected chi connectivity index (χ4v) is 1.18. The van der Waals surface area contributed by atoms with Crippen LogP contribution in [0.1, 0.15) is 18.5 Å². The number of carbonyl (C=O) groups excluding carboxylic acids is 4. The zero-order chi connectivity index (χ0) is 20.6. The summed E-state index contributed by atoms with van der Waals surface area (Å²) >= 11 is 0. The van der Waals surface area contributed by atoms with Crippen molar-refractivity contribution in [2.24, 2.45) is 0 Å². The normalized spacial score (nSPS) is 14.0. The van der Waals surface area contributed by atoms with E-state index in [1.54, 1.807) is 0 Å². The predicted octanol–water partition coefficient (Wildman–Crippen LogP) is -4.79. The van der Waals surface area contributed by atoms with E-state index in [2.05, 4.69) is 9.47 Å². The number of aliphatic hydroxyl groups excluding tert-OH is 4. The molecule has 0 saturated carbocycles. The van der Waals surface area contributed by atoms with Crippen LogP contribution in [0, 0.1) is 0 Å². The van der Waals surface area contributed by atoms with E-state index in [1.807, 2.05) is 0 Å². The summed E-state index contributed by atoms with van der Waals surface area (Å²) in [5.41, 5.74) is 0. The summed E-state index contributed by atoms with van der Waals surface area (Å²) in [6.07, 6.45) is -12.2. The molecule has 0 heterocycles. The maximum atomic E-state index is 11.3. The van der Waals surface area contributed by atoms with Crippen LogP contribution in [0.15, 0.2) is 0 Å². The van der Waals surface area contributed by atoms with Crippen molar-refractivity contribution < 1.29 is 74.6 Å². The third-order valence-electron chi connectivity index (χ3n) is 2.50. The van der Waals surface area contributed by atoms with Crippen molar-refractivity contribution in [2.75, 3.05) is 0 Å². The van der Waals surface area contributed by atoms with E-state index in [0.29, 0.717) is 0 Å². The molecule has 0 aromatic heterocycles. The number of aliphatic hydroxyl groups is 4. The van der Waals surface area contributed by atoms with Crippen LogP contribution < -0.4 is 0 Å². The Labute approximate surface area is 221 Å². The van der Waals surface area contributed by atoms with Crippen molar-refractivity contribution in [3.05, 3.63) is 0 Å². The molecule has 0 spiro atoms. The number of rotatable bonds is 9. The first-order valence-electron chi connectivity index (χ1n) is 6.53. The van der Waals surface area contributed by atoms with E-state index in [0.717, 1.165) is 0 Å². The van der Waals surface area contributed by atoms with E-state index < -0.39 is 73.1 Å². The van der Waals surface area contributed by atoms with Crippen LogP contribution in [-0.2, 0) is 38.2 Å². The molecule has 0 radical (unpaired) electrons. The number of aliphatic carboxylic acids is 2. The van der Waals surface area contributed by atoms with Crippen molar-refractivity contribution in [1.82, 2.24) is 0 Å². The van der Waals surface area contributed by atoms with E-state index in [-0.39, 0.29) is 81.2 Å². The largest absolute Gasteiger partial charge is 2.00 e. The Morgan fingerprint density at radius 2 is 0.893 bits per heavy atom. The van der Waals surface area contributed by atoms with Gasteiger partial charge in [0.15, 0.2) is 24.4 Å². The Morgan fingerprint density at radius 3 is 1.11 bits per heavy atom. The second-order valence-electron chi connectivity index (χ2n) is 4.59. The summed E-state index contributed by atoms with van der Waals surface area (Å²) in [4.78, 5) is 65.4. The number of esters is 4. The number of carboxylic acids is 2. The van der Waals surface area contributed by atoms with Gasteiger partial charge in [0.25, 0.3) is 0 Å². The summed E-state index contributed by atoms with van der Waals surface area (Å²) in [6.45, 7) is 0. The Morgan fingerprint density at radius 1 is 0.643 bits per heavy atom. The Bertz CT molecular complexity index is 571. The first-order valence-corrected chi connectivity index (χ1v) is 6.53. The average Bonchev–Trinajstić information content (AvgIpc) is 2.52. The van der Waals surface area contributed by atoms with Crippen molar-refractivity contribution >= 4 is 111 Å². The second-order valence-corrected chi connectivity index (χ2v) is 4.59. The van der Waals surface area contributed by atoms with Crippen LogP contribution in [0.4, 0.5) is 0 Å². The second kappa shape index (κ2) is 15.4. The molecule has 0 saturated heterocycles. The van der Waals surface area contributed by atoms with Crippen LogP contribution >= 0.6 is 0 Å². The predicted molar refractivity (Wildman–Crippen MR) is 86.7 cm³/mol. The molecule has 6 N–H and O–H groups in total. The molecule has 0 rings (SSSR count). The molecule has 0 aliphatic rings. The van der Waals surface area contributed by atoms with Crippen molar-refractivity contribution in [2.45, 2.75) is 37.3 Å². The molecule has 0 aliphatic carbocycles. The number of hydrogen-bond acceptors (Lipinski definition) is 12. The van der Waals surface area contributed by atoms with E-state index in [1.165, 1.54) is 0 Å². The molecule has 16 heteroatoms. The maximum Gasteiger partial charge on any atom is 2.00 e. The number of carbonyl (C=O) groups is 6. The van der Waals surface area contributed by atoms with Crippen molar-refractivity contribution in [3.8, 4) is 0 Å². The summed E-state index contributed by atoms with van der Waals surface area (Å²) < 4.78 is 7.77. The van der Waals surface area contributed by atoms with Crippen LogP contribution in [0.3, 0.4) is 0 Å². The molecule has 4 atom stereocenters. The number of carboxylic acid groups (broad SMARTS) is 2. The van der Waals surface area contributed by atoms with Crippen LogP contribution in [-0.4, -0.2) is 166 Å². The quantitative estimate of drug-likeness (QED) is 0.106. The SMILES string of the molecule is O=C(CC(O)C(=O)O)OC(=O)C(O)C(O)C(=O)OC(=O)CC(O)C(=O)O.[Ca+2].[Ca+2].[H-].[H-].[H-].[H-]. The molecule has 0 amide bonds. The van der Waals surface area contributed by atoms with Gasteiger partial charge in [0.05, 0.1) is 12.8 Å². The number of ether oxygens (including phenoxy) is 2. The molecular formula is C12H18Ca2O14. The monoisotopic (exact) mass is 466 g/mol. The fraction of sp³-hybridized carbons (Fsp3) is 0.500. The molecular weight excluding hydrogens is 448 g/mol. The van der Waals surface area contributed by atoms with Gasteiger partial charge in [-0.25, -0.2) is 19.2 Å². The van der Waals surface area contributed by atoms with Gasteiger partial charge >= 0.3 is 111 Å². The van der Waals surface area contributed by atoms with Gasteiger partial charge in [-0.3, -0.25) is 9.59 Å². The molecule has 0 bridgehead atoms. The third-order valence-corrected chi connectivity index (χ3v) is 2.50. The van der Waals surface area contributed by atoms with E-state index in [9.17, 15) is 39.0 Å². The zero-order valence-electron chi connectivity index (χ0n) is 18.1. The van der Waals surface area contributed by atoms with Crippen LogP contribution in [0.25, 0.3) is 0 Å². The van der Waals surface area contributed by atoms with Crippen LogP contribution in [0.2, 0.25) is 0 Å². The molecule has 28 heavy (non-hydrogen) atoms. The molecule has 0 fully saturated rings. The fourth-order valence-electron chi connectivity index (χ4n) is 1.18. The van der Waals surface area contributed by atoms with Gasteiger partial charge in [0.2, 0.25) is 0 Å². The Hall–Kier alpha value is -0.421. The molecule has 0 aromatic rings. The smallest absolute Gasteiger partial charge is 1.00 e. The molecule has 154 valence electrons. The summed E-state index contributed by atoms with van der Waals surface area (Å²) in [5, 5.41) is 53.0. The first kappa shape index (κ1) is 32.3. The average molecular weight is 466 g/mol. The van der Waals surface area contributed by atoms with Gasteiger partial charge in [0, 0.05) is 0 Å². The first-order chi connectivity index (χ1) is 11.9. The summed E-state index contributed by atoms with van der Waals surface area (Å²) in [5.74, 6) is -10.7. The summed E-state index contributed by atoms with van der Waals surface area (Å²) in [7, 11) is 0. The van der Waals surface area contributed by atoms with Crippen molar-refractivity contribution in [1.29, 1.82) is 0 Å². The van der Waals surface area contributed by atoms with Gasteiger partial charge in [-0.2, -0.15) is 0 Å². The molecule has 4 unspecified atom stereocenters. The van der Waals surface area contributed by atoms with E-state index >= 15 is 0 Å². The Kier molecular flexibility index (Phi) is 17.8. The van der Waals surface area contributed by atoms with Crippen molar-refractivity contribution in [3.63, 3.8) is 0 Å². The van der Waals surface area contributed by atoms with Crippen LogP contribution in [0.5, 0.6) is 0 Å². The third kappa shape index (κ3) is 12.2. The maximum absolute atomic E-state index is 11.3. The topological polar surface area (TPSA) is 242 Å². The van der Waals surface area contributed by atoms with E-state index in [4.69, 9.17) is 20.4 Å². The molecule has 0 aliphatic heterocycles. The minimum Gasteiger partial charge on any atom is -1.00 e.